The van der Waals surface area contributed by atoms with Gasteiger partial charge in [0.25, 0.3) is 11.4 Å². The van der Waals surface area contributed by atoms with E-state index in [0.717, 1.165) is 19.4 Å². The molecular weight excluding hydrogens is 487 g/mol. The lowest BCUT2D eigenvalue weighted by Crippen LogP contribution is -2.36. The Hall–Kier alpha value is -3.99. The molecule has 0 radical (unpaired) electrons. The summed E-state index contributed by atoms with van der Waals surface area (Å²) in [6.45, 7) is 3.23. The average molecular weight is 514 g/mol. The molecule has 1 aromatic carbocycles. The molecule has 0 amide bonds. The molecule has 11 heteroatoms. The van der Waals surface area contributed by atoms with Crippen molar-refractivity contribution in [2.75, 3.05) is 18.5 Å². The molecule has 0 bridgehead atoms. The van der Waals surface area contributed by atoms with Gasteiger partial charge in [0.15, 0.2) is 0 Å². The van der Waals surface area contributed by atoms with Gasteiger partial charge in [0, 0.05) is 37.2 Å². The van der Waals surface area contributed by atoms with E-state index in [1.54, 1.807) is 24.5 Å². The van der Waals surface area contributed by atoms with Gasteiger partial charge >= 0.3 is 6.18 Å². The van der Waals surface area contributed by atoms with Crippen molar-refractivity contribution < 1.29 is 22.8 Å². The fourth-order valence-electron chi connectivity index (χ4n) is 3.55. The number of rotatable bonds is 9. The van der Waals surface area contributed by atoms with Crippen LogP contribution in [0.15, 0.2) is 70.2 Å². The molecule has 3 aromatic heterocycles. The highest BCUT2D eigenvalue weighted by atomic mass is 19.4. The van der Waals surface area contributed by atoms with Gasteiger partial charge in [-0.15, -0.1) is 0 Å². The fourth-order valence-corrected chi connectivity index (χ4v) is 3.55. The highest BCUT2D eigenvalue weighted by Gasteiger charge is 2.48. The second kappa shape index (κ2) is 10.6. The number of aromatic nitrogens is 4. The highest BCUT2D eigenvalue weighted by Crippen LogP contribution is 2.40. The van der Waals surface area contributed by atoms with E-state index in [1.165, 1.54) is 34.9 Å². The molecule has 0 spiro atoms. The van der Waals surface area contributed by atoms with Gasteiger partial charge in [-0.25, -0.2) is 4.98 Å². The van der Waals surface area contributed by atoms with Gasteiger partial charge in [-0.05, 0) is 43.5 Å². The third-order valence-corrected chi connectivity index (χ3v) is 6.05. The predicted octanol–water partition coefficient (Wildman–Crippen LogP) is 4.64. The summed E-state index contributed by atoms with van der Waals surface area (Å²) in [5.74, 6) is 1.06. The summed E-state index contributed by atoms with van der Waals surface area (Å²) < 4.78 is 46.8. The van der Waals surface area contributed by atoms with E-state index < -0.39 is 11.6 Å². The molecule has 4 aromatic rings. The van der Waals surface area contributed by atoms with Crippen molar-refractivity contribution in [2.45, 2.75) is 38.4 Å². The topological polar surface area (TPSA) is 106 Å². The van der Waals surface area contributed by atoms with Crippen molar-refractivity contribution in [3.8, 4) is 22.8 Å². The van der Waals surface area contributed by atoms with Crippen LogP contribution in [-0.4, -0.2) is 44.1 Å². The zero-order valence-electron chi connectivity index (χ0n) is 20.3. The monoisotopic (exact) mass is 513 g/mol. The van der Waals surface area contributed by atoms with Gasteiger partial charge in [-0.1, -0.05) is 35.5 Å². The molecule has 0 unspecified atom stereocenters. The Morgan fingerprint density at radius 2 is 1.76 bits per heavy atom. The van der Waals surface area contributed by atoms with Crippen LogP contribution >= 0.6 is 0 Å². The Morgan fingerprint density at radius 3 is 2.41 bits per heavy atom. The van der Waals surface area contributed by atoms with Crippen LogP contribution in [0, 0.1) is 0 Å². The maximum atomic E-state index is 13.3. The van der Waals surface area contributed by atoms with Crippen LogP contribution in [0.2, 0.25) is 0 Å². The van der Waals surface area contributed by atoms with E-state index in [2.05, 4.69) is 20.4 Å². The van der Waals surface area contributed by atoms with Crippen LogP contribution in [0.4, 0.5) is 19.0 Å². The number of alkyl halides is 3. The third-order valence-electron chi connectivity index (χ3n) is 6.05. The fraction of sp³-hybridized carbons (Fsp3) is 0.308. The summed E-state index contributed by atoms with van der Waals surface area (Å²) >= 11 is 0. The lowest BCUT2D eigenvalue weighted by atomic mass is 9.83. The van der Waals surface area contributed by atoms with Crippen LogP contribution in [0.1, 0.15) is 31.4 Å². The number of pyridine rings is 2. The van der Waals surface area contributed by atoms with Gasteiger partial charge in [0.2, 0.25) is 5.82 Å². The lowest BCUT2D eigenvalue weighted by molar-refractivity contribution is -0.180. The van der Waals surface area contributed by atoms with Gasteiger partial charge in [0.05, 0.1) is 17.5 Å². The Labute approximate surface area is 210 Å². The molecule has 0 aliphatic rings. The summed E-state index contributed by atoms with van der Waals surface area (Å²) in [5, 5.41) is 15.9. The number of hydrogen-bond donors (Lipinski definition) is 2. The molecule has 37 heavy (non-hydrogen) atoms. The van der Waals surface area contributed by atoms with E-state index >= 15 is 0 Å². The van der Waals surface area contributed by atoms with Crippen molar-refractivity contribution >= 4 is 5.82 Å². The summed E-state index contributed by atoms with van der Waals surface area (Å²) in [7, 11) is 0. The van der Waals surface area contributed by atoms with Crippen LogP contribution in [0.25, 0.3) is 22.8 Å². The van der Waals surface area contributed by atoms with Crippen LogP contribution in [-0.2, 0) is 12.0 Å². The van der Waals surface area contributed by atoms with Crippen molar-refractivity contribution in [2.24, 2.45) is 0 Å². The van der Waals surface area contributed by atoms with Crippen molar-refractivity contribution in [1.29, 1.82) is 0 Å². The minimum absolute atomic E-state index is 0.0957. The largest absolute Gasteiger partial charge is 0.397 e. The molecule has 0 saturated heterocycles. The average Bonchev–Trinajstić information content (AvgIpc) is 3.36. The Bertz CT molecular complexity index is 1390. The molecule has 3 heterocycles. The van der Waals surface area contributed by atoms with Gasteiger partial charge < -0.3 is 19.5 Å². The number of halogens is 3. The van der Waals surface area contributed by atoms with Crippen molar-refractivity contribution in [3.63, 3.8) is 0 Å². The van der Waals surface area contributed by atoms with Crippen molar-refractivity contribution in [1.82, 2.24) is 19.7 Å². The second-order valence-electron chi connectivity index (χ2n) is 9.06. The first-order valence-electron chi connectivity index (χ1n) is 11.6. The molecule has 2 N–H and O–H groups in total. The number of benzene rings is 1. The molecule has 0 atom stereocenters. The maximum Gasteiger partial charge on any atom is 0.397 e. The number of aliphatic hydroxyl groups is 1. The predicted molar refractivity (Wildman–Crippen MR) is 132 cm³/mol. The van der Waals surface area contributed by atoms with Crippen LogP contribution in [0.5, 0.6) is 0 Å². The quantitative estimate of drug-likeness (QED) is 0.314. The van der Waals surface area contributed by atoms with Crippen molar-refractivity contribution in [3.05, 3.63) is 82.4 Å². The van der Waals surface area contributed by atoms with Crippen LogP contribution < -0.4 is 10.9 Å². The van der Waals surface area contributed by atoms with E-state index in [0.29, 0.717) is 29.9 Å². The van der Waals surface area contributed by atoms with Crippen LogP contribution in [0.3, 0.4) is 0 Å². The highest BCUT2D eigenvalue weighted by molar-refractivity contribution is 5.59. The number of nitrogens with one attached hydrogen (secondary N) is 1. The first kappa shape index (κ1) is 26.1. The summed E-state index contributed by atoms with van der Waals surface area (Å²) in [4.78, 5) is 21.1. The molecule has 4 rings (SSSR count). The first-order chi connectivity index (χ1) is 17.6. The van der Waals surface area contributed by atoms with E-state index in [-0.39, 0.29) is 36.0 Å². The Balaban J connectivity index is 1.50. The number of hydrogen-bond acceptors (Lipinski definition) is 7. The van der Waals surface area contributed by atoms with Gasteiger partial charge in [0.1, 0.15) is 5.82 Å². The summed E-state index contributed by atoms with van der Waals surface area (Å²) in [6.07, 6.45) is -0.506. The SMILES string of the molecule is CC(C)(c1ccc(-c2noc(-c3ccc(=O)n(Cc4ccc(NCCCO)nc4)c3)n2)cc1)C(F)(F)F. The molecule has 8 nitrogen and oxygen atoms in total. The molecule has 0 aliphatic carbocycles. The van der Waals surface area contributed by atoms with E-state index in [4.69, 9.17) is 9.63 Å². The molecule has 0 saturated carbocycles. The number of aliphatic hydroxyl groups excluding tert-OH is 1. The van der Waals surface area contributed by atoms with E-state index in [1.807, 2.05) is 6.07 Å². The molecular formula is C26H26F3N5O3. The summed E-state index contributed by atoms with van der Waals surface area (Å²) in [5.41, 5.74) is -0.264. The number of nitrogens with zero attached hydrogens (tertiary/aromatic N) is 4. The Morgan fingerprint density at radius 1 is 1.03 bits per heavy atom. The van der Waals surface area contributed by atoms with Gasteiger partial charge in [-0.2, -0.15) is 18.2 Å². The number of anilines is 1. The smallest absolute Gasteiger partial charge is 0.396 e. The third kappa shape index (κ3) is 5.88. The summed E-state index contributed by atoms with van der Waals surface area (Å²) in [6, 6.07) is 12.5. The second-order valence-corrected chi connectivity index (χ2v) is 9.06. The first-order valence-corrected chi connectivity index (χ1v) is 11.6. The standard InChI is InChI=1S/C26H26F3N5O3/c1-25(2,26(27,28)29)20-8-5-18(6-9-20)23-32-24(37-33-23)19-7-11-22(36)34(16-19)15-17-4-10-21(31-14-17)30-12-3-13-35/h4-11,14,16,35H,3,12-13,15H2,1-2H3,(H,30,31). The molecule has 194 valence electrons. The minimum atomic E-state index is -4.38. The molecule has 0 aliphatic heterocycles. The lowest BCUT2D eigenvalue weighted by Gasteiger charge is -2.28. The normalized spacial score (nSPS) is 12.1. The Kier molecular flexibility index (Phi) is 7.44. The minimum Gasteiger partial charge on any atom is -0.396 e. The zero-order chi connectivity index (χ0) is 26.6. The zero-order valence-corrected chi connectivity index (χ0v) is 20.3. The van der Waals surface area contributed by atoms with E-state index in [9.17, 15) is 18.0 Å². The van der Waals surface area contributed by atoms with Gasteiger partial charge in [-0.3, -0.25) is 4.79 Å². The molecule has 0 fully saturated rings. The maximum absolute atomic E-state index is 13.3.